The van der Waals surface area contributed by atoms with Crippen LogP contribution in [0.1, 0.15) is 66.8 Å². The Morgan fingerprint density at radius 1 is 1.19 bits per heavy atom. The molecule has 27 heavy (non-hydrogen) atoms. The summed E-state index contributed by atoms with van der Waals surface area (Å²) in [5, 5.41) is 6.28. The van der Waals surface area contributed by atoms with Gasteiger partial charge in [-0.3, -0.25) is 4.79 Å². The van der Waals surface area contributed by atoms with E-state index in [1.165, 1.54) is 24.8 Å². The first-order chi connectivity index (χ1) is 13.1. The van der Waals surface area contributed by atoms with Crippen LogP contribution in [-0.2, 0) is 0 Å². The minimum atomic E-state index is -0.146. The third-order valence-electron chi connectivity index (χ3n) is 4.85. The van der Waals surface area contributed by atoms with Crippen molar-refractivity contribution in [2.45, 2.75) is 52.0 Å². The summed E-state index contributed by atoms with van der Waals surface area (Å²) < 4.78 is 0. The van der Waals surface area contributed by atoms with Crippen LogP contribution in [0.4, 0.5) is 5.95 Å². The molecule has 1 aliphatic rings. The second-order valence-corrected chi connectivity index (χ2v) is 7.11. The molecule has 5 nitrogen and oxygen atoms in total. The Morgan fingerprint density at radius 2 is 2.00 bits per heavy atom. The first-order valence-electron chi connectivity index (χ1n) is 9.75. The first-order valence-corrected chi connectivity index (χ1v) is 9.75. The maximum absolute atomic E-state index is 12.5. The Balaban J connectivity index is 1.60. The molecule has 0 bridgehead atoms. The van der Waals surface area contributed by atoms with E-state index >= 15 is 0 Å². The molecule has 1 aliphatic carbocycles. The number of carbonyl (C=O) groups excluding carboxylic acids is 1. The van der Waals surface area contributed by atoms with E-state index in [1.807, 2.05) is 25.1 Å². The van der Waals surface area contributed by atoms with Crippen LogP contribution in [0.2, 0.25) is 0 Å². The molecule has 0 radical (unpaired) electrons. The van der Waals surface area contributed by atoms with Crippen molar-refractivity contribution < 1.29 is 4.79 Å². The van der Waals surface area contributed by atoms with Gasteiger partial charge >= 0.3 is 0 Å². The van der Waals surface area contributed by atoms with Crippen molar-refractivity contribution in [3.05, 3.63) is 65.0 Å². The summed E-state index contributed by atoms with van der Waals surface area (Å²) in [4.78, 5) is 21.3. The fourth-order valence-electron chi connectivity index (χ4n) is 3.33. The first kappa shape index (κ1) is 19.1. The molecule has 142 valence electrons. The normalized spacial score (nSPS) is 15.0. The molecule has 2 N–H and O–H groups in total. The highest BCUT2D eigenvalue weighted by Crippen LogP contribution is 2.20. The van der Waals surface area contributed by atoms with Crippen molar-refractivity contribution in [1.29, 1.82) is 0 Å². The molecular formula is C22H28N4O. The van der Waals surface area contributed by atoms with Gasteiger partial charge in [-0.1, -0.05) is 42.0 Å². The van der Waals surface area contributed by atoms with Gasteiger partial charge in [-0.2, -0.15) is 0 Å². The van der Waals surface area contributed by atoms with Crippen LogP contribution in [0.5, 0.6) is 0 Å². The van der Waals surface area contributed by atoms with Crippen molar-refractivity contribution in [1.82, 2.24) is 15.3 Å². The minimum Gasteiger partial charge on any atom is -0.350 e. The Morgan fingerprint density at radius 3 is 2.74 bits per heavy atom. The molecule has 0 spiro atoms. The molecule has 0 fully saturated rings. The Bertz CT molecular complexity index is 801. The number of nitrogens with zero attached hydrogens (tertiary/aromatic N) is 2. The predicted molar refractivity (Wildman–Crippen MR) is 109 cm³/mol. The van der Waals surface area contributed by atoms with Gasteiger partial charge in [0.2, 0.25) is 5.95 Å². The number of amides is 1. The van der Waals surface area contributed by atoms with Crippen LogP contribution in [0.3, 0.4) is 0 Å². The largest absolute Gasteiger partial charge is 0.350 e. The fraction of sp³-hybridized carbons (Fsp3) is 0.409. The summed E-state index contributed by atoms with van der Waals surface area (Å²) in [5.74, 6) is 0.332. The van der Waals surface area contributed by atoms with Gasteiger partial charge in [0, 0.05) is 12.2 Å². The van der Waals surface area contributed by atoms with Crippen molar-refractivity contribution >= 4 is 11.9 Å². The number of aryl methyl sites for hydroxylation is 1. The molecule has 1 aromatic carbocycles. The molecule has 2 aromatic rings. The van der Waals surface area contributed by atoms with Gasteiger partial charge in [-0.15, -0.1) is 0 Å². The van der Waals surface area contributed by atoms with Crippen molar-refractivity contribution in [2.24, 2.45) is 0 Å². The van der Waals surface area contributed by atoms with E-state index < -0.39 is 0 Å². The van der Waals surface area contributed by atoms with E-state index in [0.717, 1.165) is 24.1 Å². The van der Waals surface area contributed by atoms with Crippen molar-refractivity contribution in [2.75, 3.05) is 11.9 Å². The lowest BCUT2D eigenvalue weighted by molar-refractivity contribution is 0.0949. The van der Waals surface area contributed by atoms with E-state index in [9.17, 15) is 4.79 Å². The smallest absolute Gasteiger partial charge is 0.270 e. The van der Waals surface area contributed by atoms with E-state index in [4.69, 9.17) is 0 Å². The highest BCUT2D eigenvalue weighted by atomic mass is 16.1. The zero-order valence-corrected chi connectivity index (χ0v) is 16.2. The van der Waals surface area contributed by atoms with Gasteiger partial charge in [-0.05, 0) is 57.6 Å². The zero-order valence-electron chi connectivity index (χ0n) is 16.2. The van der Waals surface area contributed by atoms with E-state index in [-0.39, 0.29) is 11.9 Å². The second kappa shape index (κ2) is 9.31. The lowest BCUT2D eigenvalue weighted by Gasteiger charge is -2.15. The van der Waals surface area contributed by atoms with Crippen LogP contribution >= 0.6 is 0 Å². The molecule has 1 heterocycles. The van der Waals surface area contributed by atoms with Gasteiger partial charge < -0.3 is 10.6 Å². The number of nitrogens with one attached hydrogen (secondary N) is 2. The van der Waals surface area contributed by atoms with E-state index in [2.05, 4.69) is 45.7 Å². The molecule has 0 saturated carbocycles. The third-order valence-corrected chi connectivity index (χ3v) is 4.85. The highest BCUT2D eigenvalue weighted by Gasteiger charge is 2.13. The minimum absolute atomic E-state index is 0.0575. The molecule has 1 aromatic heterocycles. The number of hydrogen-bond donors (Lipinski definition) is 2. The van der Waals surface area contributed by atoms with Crippen molar-refractivity contribution in [3.63, 3.8) is 0 Å². The molecule has 1 unspecified atom stereocenters. The lowest BCUT2D eigenvalue weighted by atomic mass is 9.97. The monoisotopic (exact) mass is 364 g/mol. The van der Waals surface area contributed by atoms with E-state index in [1.54, 1.807) is 6.07 Å². The molecule has 3 rings (SSSR count). The second-order valence-electron chi connectivity index (χ2n) is 7.11. The van der Waals surface area contributed by atoms with Crippen molar-refractivity contribution in [3.8, 4) is 0 Å². The molecule has 0 saturated heterocycles. The molecule has 1 atom stereocenters. The summed E-state index contributed by atoms with van der Waals surface area (Å²) in [7, 11) is 0. The summed E-state index contributed by atoms with van der Waals surface area (Å²) >= 11 is 0. The average Bonchev–Trinajstić information content (AvgIpc) is 2.69. The number of benzene rings is 1. The van der Waals surface area contributed by atoms with Crippen LogP contribution in [0.25, 0.3) is 0 Å². The Hall–Kier alpha value is -2.69. The molecule has 5 heteroatoms. The van der Waals surface area contributed by atoms with Gasteiger partial charge in [0.25, 0.3) is 5.91 Å². The number of aromatic nitrogens is 2. The summed E-state index contributed by atoms with van der Waals surface area (Å²) in [6.07, 6.45) is 8.12. The van der Waals surface area contributed by atoms with Crippen LogP contribution in [0.15, 0.2) is 48.0 Å². The lowest BCUT2D eigenvalue weighted by Crippen LogP contribution is -2.26. The number of rotatable bonds is 7. The fourth-order valence-corrected chi connectivity index (χ4v) is 3.33. The maximum atomic E-state index is 12.5. The maximum Gasteiger partial charge on any atom is 0.270 e. The third kappa shape index (κ3) is 5.64. The summed E-state index contributed by atoms with van der Waals surface area (Å²) in [6, 6.07) is 11.9. The molecule has 0 aliphatic heterocycles. The quantitative estimate of drug-likeness (QED) is 0.706. The summed E-state index contributed by atoms with van der Waals surface area (Å²) in [6.45, 7) is 4.58. The van der Waals surface area contributed by atoms with Gasteiger partial charge in [-0.25, -0.2) is 9.97 Å². The van der Waals surface area contributed by atoms with Crippen LogP contribution in [0, 0.1) is 6.92 Å². The van der Waals surface area contributed by atoms with E-state index in [0.29, 0.717) is 18.2 Å². The van der Waals surface area contributed by atoms with Crippen LogP contribution < -0.4 is 10.6 Å². The topological polar surface area (TPSA) is 66.9 Å². The highest BCUT2D eigenvalue weighted by molar-refractivity contribution is 5.92. The Kier molecular flexibility index (Phi) is 6.58. The number of carbonyl (C=O) groups is 1. The predicted octanol–water partition coefficient (Wildman–Crippen LogP) is 4.58. The number of hydrogen-bond acceptors (Lipinski definition) is 4. The Labute approximate surface area is 161 Å². The van der Waals surface area contributed by atoms with Gasteiger partial charge in [0.1, 0.15) is 5.69 Å². The van der Waals surface area contributed by atoms with Crippen LogP contribution in [-0.4, -0.2) is 22.4 Å². The SMILES string of the molecule is Cc1cc(C(=O)NCCC2=CCCCC2)nc(NC(C)c2ccccc2)n1. The molecular weight excluding hydrogens is 336 g/mol. The number of anilines is 1. The standard InChI is InChI=1S/C22H28N4O/c1-16-15-20(21(27)23-14-13-18-9-5-3-6-10-18)26-22(24-16)25-17(2)19-11-7-4-8-12-19/h4,7-9,11-12,15,17H,3,5-6,10,13-14H2,1-2H3,(H,23,27)(H,24,25,26). The zero-order chi connectivity index (χ0) is 19.1. The average molecular weight is 364 g/mol. The summed E-state index contributed by atoms with van der Waals surface area (Å²) in [5.41, 5.74) is 3.78. The van der Waals surface area contributed by atoms with Gasteiger partial charge in [0.05, 0.1) is 6.04 Å². The number of allylic oxidation sites excluding steroid dienone is 1. The molecule has 1 amide bonds. The van der Waals surface area contributed by atoms with Gasteiger partial charge in [0.15, 0.2) is 0 Å².